The zero-order valence-electron chi connectivity index (χ0n) is 18.2. The summed E-state index contributed by atoms with van der Waals surface area (Å²) in [5, 5.41) is 11.6. The van der Waals surface area contributed by atoms with Crippen molar-refractivity contribution >= 4 is 39.2 Å². The molecule has 2 aromatic rings. The summed E-state index contributed by atoms with van der Waals surface area (Å²) in [6, 6.07) is 11.8. The van der Waals surface area contributed by atoms with Crippen LogP contribution in [0.1, 0.15) is 36.2 Å². The third kappa shape index (κ3) is 6.11. The highest BCUT2D eigenvalue weighted by Gasteiger charge is 2.31. The van der Waals surface area contributed by atoms with Crippen LogP contribution in [0.2, 0.25) is 5.02 Å². The Balaban J connectivity index is 1.58. The first-order valence-corrected chi connectivity index (χ1v) is 12.2. The van der Waals surface area contributed by atoms with Crippen LogP contribution in [0.15, 0.2) is 47.4 Å². The van der Waals surface area contributed by atoms with Gasteiger partial charge in [-0.2, -0.15) is 9.57 Å². The topological polar surface area (TPSA) is 117 Å². The maximum Gasteiger partial charge on any atom is 0.338 e. The third-order valence-corrected chi connectivity index (χ3v) is 7.43. The van der Waals surface area contributed by atoms with Crippen LogP contribution in [0, 0.1) is 23.2 Å². The van der Waals surface area contributed by atoms with Crippen LogP contribution < -0.4 is 5.32 Å². The molecule has 1 aliphatic heterocycles. The van der Waals surface area contributed by atoms with Crippen LogP contribution in [-0.4, -0.2) is 44.3 Å². The van der Waals surface area contributed by atoms with Crippen molar-refractivity contribution in [1.82, 2.24) is 4.31 Å². The van der Waals surface area contributed by atoms with Gasteiger partial charge in [0.2, 0.25) is 10.0 Å². The molecule has 0 radical (unpaired) electrons. The molecule has 1 saturated heterocycles. The molecule has 174 valence electrons. The van der Waals surface area contributed by atoms with Gasteiger partial charge in [0.25, 0.3) is 5.91 Å². The molecule has 3 rings (SSSR count). The van der Waals surface area contributed by atoms with E-state index in [2.05, 4.69) is 5.32 Å². The maximum absolute atomic E-state index is 12.9. The van der Waals surface area contributed by atoms with Crippen molar-refractivity contribution < 1.29 is 22.7 Å². The molecule has 0 bridgehead atoms. The van der Waals surface area contributed by atoms with Crippen molar-refractivity contribution in [2.24, 2.45) is 11.8 Å². The first-order valence-electron chi connectivity index (χ1n) is 10.4. The van der Waals surface area contributed by atoms with Gasteiger partial charge in [-0.3, -0.25) is 4.79 Å². The second kappa shape index (κ2) is 10.3. The van der Waals surface area contributed by atoms with E-state index in [1.807, 2.05) is 19.9 Å². The highest BCUT2D eigenvalue weighted by Crippen LogP contribution is 2.27. The van der Waals surface area contributed by atoms with E-state index in [1.165, 1.54) is 46.8 Å². The fraction of sp³-hybridized carbons (Fsp3) is 0.348. The molecule has 1 fully saturated rings. The minimum atomic E-state index is -3.65. The Labute approximate surface area is 198 Å². The lowest BCUT2D eigenvalue weighted by atomic mass is 9.94. The van der Waals surface area contributed by atoms with Crippen molar-refractivity contribution in [2.75, 3.05) is 25.0 Å². The van der Waals surface area contributed by atoms with Gasteiger partial charge in [-0.25, -0.2) is 13.2 Å². The Morgan fingerprint density at radius 2 is 1.79 bits per heavy atom. The summed E-state index contributed by atoms with van der Waals surface area (Å²) >= 11 is 5.92. The second-order valence-electron chi connectivity index (χ2n) is 8.22. The molecule has 0 aromatic heterocycles. The second-order valence-corrected chi connectivity index (χ2v) is 10.6. The van der Waals surface area contributed by atoms with Crippen LogP contribution >= 0.6 is 11.6 Å². The number of halogens is 1. The number of anilines is 1. The number of carbonyl (C=O) groups is 2. The standard InChI is InChI=1S/C23H24ClN3O5S/c1-15-9-16(2)13-27(12-15)33(30,31)20-7-4-17(5-8-20)23(29)32-14-22(28)26-19-6-3-18(11-25)21(24)10-19/h3-8,10,15-16H,9,12-14H2,1-2H3,(H,26,28)/t15-,16+. The Morgan fingerprint density at radius 1 is 1.15 bits per heavy atom. The highest BCUT2D eigenvalue weighted by molar-refractivity contribution is 7.89. The fourth-order valence-electron chi connectivity index (χ4n) is 3.81. The van der Waals surface area contributed by atoms with Gasteiger partial charge < -0.3 is 10.1 Å². The molecule has 33 heavy (non-hydrogen) atoms. The lowest BCUT2D eigenvalue weighted by Crippen LogP contribution is -2.42. The van der Waals surface area contributed by atoms with Gasteiger partial charge in [0.05, 0.1) is 21.0 Å². The quantitative estimate of drug-likeness (QED) is 0.619. The Hall–Kier alpha value is -2.93. The predicted molar refractivity (Wildman–Crippen MR) is 123 cm³/mol. The van der Waals surface area contributed by atoms with Crippen molar-refractivity contribution in [2.45, 2.75) is 25.2 Å². The van der Waals surface area contributed by atoms with Crippen molar-refractivity contribution in [3.8, 4) is 6.07 Å². The zero-order chi connectivity index (χ0) is 24.2. The van der Waals surface area contributed by atoms with Crippen molar-refractivity contribution in [3.63, 3.8) is 0 Å². The van der Waals surface area contributed by atoms with E-state index in [0.29, 0.717) is 18.8 Å². The predicted octanol–water partition coefficient (Wildman–Crippen LogP) is 3.67. The van der Waals surface area contributed by atoms with Crippen molar-refractivity contribution in [3.05, 3.63) is 58.6 Å². The number of nitriles is 1. The first-order chi connectivity index (χ1) is 15.6. The number of piperidine rings is 1. The molecule has 8 nitrogen and oxygen atoms in total. The number of nitrogens with one attached hydrogen (secondary N) is 1. The molecule has 2 atom stereocenters. The maximum atomic E-state index is 12.9. The largest absolute Gasteiger partial charge is 0.452 e. The van der Waals surface area contributed by atoms with Gasteiger partial charge in [0.1, 0.15) is 6.07 Å². The van der Waals surface area contributed by atoms with Crippen molar-refractivity contribution in [1.29, 1.82) is 5.26 Å². The average Bonchev–Trinajstić information content (AvgIpc) is 2.77. The number of hydrogen-bond donors (Lipinski definition) is 1. The van der Waals surface area contributed by atoms with E-state index in [0.717, 1.165) is 6.42 Å². The van der Waals surface area contributed by atoms with Gasteiger partial charge in [-0.1, -0.05) is 25.4 Å². The number of sulfonamides is 1. The van der Waals surface area contributed by atoms with E-state index in [4.69, 9.17) is 21.6 Å². The summed E-state index contributed by atoms with van der Waals surface area (Å²) in [5.41, 5.74) is 0.760. The average molecular weight is 490 g/mol. The third-order valence-electron chi connectivity index (χ3n) is 5.27. The number of esters is 1. The molecule has 1 heterocycles. The molecule has 0 saturated carbocycles. The Kier molecular flexibility index (Phi) is 7.74. The summed E-state index contributed by atoms with van der Waals surface area (Å²) < 4.78 is 32.4. The number of hydrogen-bond acceptors (Lipinski definition) is 6. The fourth-order valence-corrected chi connectivity index (χ4v) is 5.71. The van der Waals surface area contributed by atoms with E-state index < -0.39 is 28.5 Å². The molecule has 10 heteroatoms. The molecule has 2 aromatic carbocycles. The normalized spacial score (nSPS) is 18.8. The number of rotatable bonds is 6. The van der Waals surface area contributed by atoms with Crippen LogP contribution in [0.3, 0.4) is 0 Å². The number of carbonyl (C=O) groups excluding carboxylic acids is 2. The molecule has 0 unspecified atom stereocenters. The van der Waals surface area contributed by atoms with Gasteiger partial charge >= 0.3 is 5.97 Å². The zero-order valence-corrected chi connectivity index (χ0v) is 19.8. The number of amides is 1. The molecule has 0 spiro atoms. The SMILES string of the molecule is C[C@@H]1C[C@H](C)CN(S(=O)(=O)c2ccc(C(=O)OCC(=O)Nc3ccc(C#N)c(Cl)c3)cc2)C1. The van der Waals surface area contributed by atoms with E-state index in [1.54, 1.807) is 0 Å². The highest BCUT2D eigenvalue weighted by atomic mass is 35.5. The summed E-state index contributed by atoms with van der Waals surface area (Å²) in [5.74, 6) is -0.780. The number of benzene rings is 2. The lowest BCUT2D eigenvalue weighted by Gasteiger charge is -2.34. The van der Waals surface area contributed by atoms with E-state index in [9.17, 15) is 18.0 Å². The summed E-state index contributed by atoms with van der Waals surface area (Å²) in [4.78, 5) is 24.4. The molecular formula is C23H24ClN3O5S. The monoisotopic (exact) mass is 489 g/mol. The van der Waals surface area contributed by atoms with Crippen LogP contribution in [0.25, 0.3) is 0 Å². The minimum Gasteiger partial charge on any atom is -0.452 e. The minimum absolute atomic E-state index is 0.107. The molecule has 1 aliphatic rings. The van der Waals surface area contributed by atoms with Crippen LogP contribution in [0.4, 0.5) is 5.69 Å². The lowest BCUT2D eigenvalue weighted by molar-refractivity contribution is -0.119. The summed E-state index contributed by atoms with van der Waals surface area (Å²) in [7, 11) is -3.65. The van der Waals surface area contributed by atoms with Crippen LogP contribution in [-0.2, 0) is 19.6 Å². The molecular weight excluding hydrogens is 466 g/mol. The Morgan fingerprint density at radius 3 is 2.36 bits per heavy atom. The van der Waals surface area contributed by atoms with E-state index in [-0.39, 0.29) is 32.9 Å². The van der Waals surface area contributed by atoms with Gasteiger partial charge in [-0.15, -0.1) is 0 Å². The van der Waals surface area contributed by atoms with Gasteiger partial charge in [0.15, 0.2) is 6.61 Å². The molecule has 1 amide bonds. The van der Waals surface area contributed by atoms with Gasteiger partial charge in [-0.05, 0) is 60.7 Å². The van der Waals surface area contributed by atoms with Gasteiger partial charge in [0, 0.05) is 18.8 Å². The van der Waals surface area contributed by atoms with Crippen LogP contribution in [0.5, 0.6) is 0 Å². The first kappa shape index (κ1) is 24.7. The number of ether oxygens (including phenoxy) is 1. The summed E-state index contributed by atoms with van der Waals surface area (Å²) in [6.45, 7) is 4.46. The van der Waals surface area contributed by atoms with E-state index >= 15 is 0 Å². The smallest absolute Gasteiger partial charge is 0.338 e. The number of nitrogens with zero attached hydrogens (tertiary/aromatic N) is 2. The summed E-state index contributed by atoms with van der Waals surface area (Å²) in [6.07, 6.45) is 0.989. The molecule has 1 N–H and O–H groups in total. The molecule has 0 aliphatic carbocycles. The Bertz CT molecular complexity index is 1180.